The molecular formula is C11H9BrFNO5. The summed E-state index contributed by atoms with van der Waals surface area (Å²) in [7, 11) is 0. The molecule has 1 aliphatic rings. The minimum atomic E-state index is -1.57. The molecule has 0 saturated carbocycles. The predicted molar refractivity (Wildman–Crippen MR) is 65.1 cm³/mol. The molecule has 1 aliphatic heterocycles. The molecule has 19 heavy (non-hydrogen) atoms. The highest BCUT2D eigenvalue weighted by Crippen LogP contribution is 2.39. The third kappa shape index (κ3) is 2.78. The van der Waals surface area contributed by atoms with Gasteiger partial charge in [0, 0.05) is 5.56 Å². The molecule has 0 aliphatic carbocycles. The maximum Gasteiger partial charge on any atom is 0.328 e. The van der Waals surface area contributed by atoms with Gasteiger partial charge in [0.15, 0.2) is 17.5 Å². The molecule has 1 aromatic carbocycles. The minimum absolute atomic E-state index is 0.0429. The summed E-state index contributed by atoms with van der Waals surface area (Å²) in [5.41, 5.74) is 0.149. The zero-order valence-corrected chi connectivity index (χ0v) is 11.1. The average Bonchev–Trinajstić information content (AvgIpc) is 2.83. The van der Waals surface area contributed by atoms with Gasteiger partial charge in [-0.05, 0) is 28.1 Å². The van der Waals surface area contributed by atoms with Crippen LogP contribution in [0.15, 0.2) is 16.6 Å². The summed E-state index contributed by atoms with van der Waals surface area (Å²) in [6, 6.07) is 1.27. The van der Waals surface area contributed by atoms with Gasteiger partial charge in [-0.2, -0.15) is 0 Å². The number of carboxylic acid groups (broad SMARTS) is 1. The average molecular weight is 334 g/mol. The van der Waals surface area contributed by atoms with E-state index in [0.717, 1.165) is 0 Å². The van der Waals surface area contributed by atoms with Gasteiger partial charge in [-0.15, -0.1) is 0 Å². The van der Waals surface area contributed by atoms with Crippen LogP contribution in [0.25, 0.3) is 0 Å². The molecule has 0 saturated heterocycles. The first kappa shape index (κ1) is 13.6. The van der Waals surface area contributed by atoms with Crippen molar-refractivity contribution < 1.29 is 28.6 Å². The van der Waals surface area contributed by atoms with Gasteiger partial charge in [0.2, 0.25) is 6.79 Å². The molecule has 2 N–H and O–H groups in total. The fraction of sp³-hybridized carbons (Fsp3) is 0.273. The van der Waals surface area contributed by atoms with E-state index in [9.17, 15) is 14.0 Å². The van der Waals surface area contributed by atoms with Crippen molar-refractivity contribution in [2.45, 2.75) is 6.04 Å². The summed E-state index contributed by atoms with van der Waals surface area (Å²) in [4.78, 5) is 22.5. The van der Waals surface area contributed by atoms with Crippen molar-refractivity contribution in [2.24, 2.45) is 0 Å². The third-order valence-electron chi connectivity index (χ3n) is 2.45. The van der Waals surface area contributed by atoms with Gasteiger partial charge in [0.05, 0.1) is 4.47 Å². The Morgan fingerprint density at radius 3 is 2.84 bits per heavy atom. The van der Waals surface area contributed by atoms with E-state index in [1.54, 1.807) is 0 Å². The number of alkyl halides is 1. The normalized spacial score (nSPS) is 14.0. The Hall–Kier alpha value is -1.83. The van der Waals surface area contributed by atoms with Crippen LogP contribution in [0.2, 0.25) is 0 Å². The van der Waals surface area contributed by atoms with Gasteiger partial charge in [-0.25, -0.2) is 9.18 Å². The van der Waals surface area contributed by atoms with Crippen molar-refractivity contribution in [1.82, 2.24) is 5.32 Å². The highest BCUT2D eigenvalue weighted by Gasteiger charge is 2.24. The van der Waals surface area contributed by atoms with Crippen molar-refractivity contribution in [1.29, 1.82) is 0 Å². The highest BCUT2D eigenvalue weighted by atomic mass is 79.9. The maximum absolute atomic E-state index is 12.4. The fourth-order valence-corrected chi connectivity index (χ4v) is 2.06. The molecule has 0 bridgehead atoms. The van der Waals surface area contributed by atoms with E-state index in [2.05, 4.69) is 21.2 Å². The second kappa shape index (κ2) is 5.43. The molecule has 8 heteroatoms. The Bertz CT molecular complexity index is 536. The number of nitrogens with one attached hydrogen (secondary N) is 1. The van der Waals surface area contributed by atoms with Gasteiger partial charge < -0.3 is 19.9 Å². The number of carbonyl (C=O) groups is 2. The molecule has 1 amide bonds. The lowest BCUT2D eigenvalue weighted by molar-refractivity contribution is -0.139. The number of ether oxygens (including phenoxy) is 2. The number of benzene rings is 1. The molecule has 6 nitrogen and oxygen atoms in total. The summed E-state index contributed by atoms with van der Waals surface area (Å²) in [5.74, 6) is -1.30. The maximum atomic E-state index is 12.4. The Morgan fingerprint density at radius 1 is 1.47 bits per heavy atom. The van der Waals surface area contributed by atoms with E-state index in [-0.39, 0.29) is 12.4 Å². The van der Waals surface area contributed by atoms with Crippen LogP contribution < -0.4 is 14.8 Å². The monoisotopic (exact) mass is 333 g/mol. The topological polar surface area (TPSA) is 84.9 Å². The van der Waals surface area contributed by atoms with Gasteiger partial charge in [0.1, 0.15) is 6.67 Å². The number of rotatable bonds is 4. The van der Waals surface area contributed by atoms with E-state index < -0.39 is 24.6 Å². The van der Waals surface area contributed by atoms with Crippen molar-refractivity contribution >= 4 is 27.8 Å². The van der Waals surface area contributed by atoms with E-state index >= 15 is 0 Å². The number of aliphatic carboxylic acids is 1. The van der Waals surface area contributed by atoms with Crippen LogP contribution in [0.4, 0.5) is 4.39 Å². The van der Waals surface area contributed by atoms with Gasteiger partial charge >= 0.3 is 5.97 Å². The van der Waals surface area contributed by atoms with Crippen molar-refractivity contribution in [3.8, 4) is 11.5 Å². The van der Waals surface area contributed by atoms with Gasteiger partial charge in [0.25, 0.3) is 5.91 Å². The van der Waals surface area contributed by atoms with Crippen molar-refractivity contribution in [2.75, 3.05) is 13.5 Å². The molecule has 0 radical (unpaired) electrons. The largest absolute Gasteiger partial charge is 0.480 e. The Labute approximate surface area is 115 Å². The number of fused-ring (bicyclic) bond motifs is 1. The lowest BCUT2D eigenvalue weighted by Crippen LogP contribution is -2.42. The zero-order chi connectivity index (χ0) is 14.0. The highest BCUT2D eigenvalue weighted by molar-refractivity contribution is 9.10. The second-order valence-electron chi connectivity index (χ2n) is 3.71. The van der Waals surface area contributed by atoms with Crippen molar-refractivity contribution in [3.63, 3.8) is 0 Å². The van der Waals surface area contributed by atoms with Crippen LogP contribution in [0.5, 0.6) is 11.5 Å². The fourth-order valence-electron chi connectivity index (χ4n) is 1.51. The van der Waals surface area contributed by atoms with Crippen molar-refractivity contribution in [3.05, 3.63) is 22.2 Å². The van der Waals surface area contributed by atoms with E-state index in [1.165, 1.54) is 12.1 Å². The lowest BCUT2D eigenvalue weighted by Gasteiger charge is -2.11. The number of halogens is 2. The number of hydrogen-bond donors (Lipinski definition) is 2. The molecule has 0 fully saturated rings. The second-order valence-corrected chi connectivity index (χ2v) is 4.56. The van der Waals surface area contributed by atoms with E-state index in [1.807, 2.05) is 0 Å². The molecule has 0 aromatic heterocycles. The quantitative estimate of drug-likeness (QED) is 0.868. The first-order chi connectivity index (χ1) is 9.02. The first-order valence-corrected chi connectivity index (χ1v) is 6.01. The summed E-state index contributed by atoms with van der Waals surface area (Å²) >= 11 is 3.20. The standard InChI is InChI=1S/C11H9BrFNO5/c12-6-1-5(2-8-9(6)19-4-18-8)10(15)14-7(3-13)11(16)17/h1-2,7H,3-4H2,(H,14,15)(H,16,17). The van der Waals surface area contributed by atoms with Gasteiger partial charge in [-0.1, -0.05) is 0 Å². The lowest BCUT2D eigenvalue weighted by atomic mass is 10.1. The number of carbonyl (C=O) groups excluding carboxylic acids is 1. The van der Waals surface area contributed by atoms with Crippen LogP contribution in [0, 0.1) is 0 Å². The molecular weight excluding hydrogens is 325 g/mol. The molecule has 1 heterocycles. The summed E-state index contributed by atoms with van der Waals surface area (Å²) < 4.78 is 23.2. The molecule has 2 rings (SSSR count). The Morgan fingerprint density at radius 2 is 2.21 bits per heavy atom. The predicted octanol–water partition coefficient (Wildman–Crippen LogP) is 1.33. The molecule has 0 spiro atoms. The third-order valence-corrected chi connectivity index (χ3v) is 3.04. The number of carboxylic acids is 1. The SMILES string of the molecule is O=C(NC(CF)C(=O)O)c1cc(Br)c2c(c1)OCO2. The molecule has 102 valence electrons. The van der Waals surface area contributed by atoms with Crippen LogP contribution in [-0.4, -0.2) is 36.5 Å². The first-order valence-electron chi connectivity index (χ1n) is 5.21. The smallest absolute Gasteiger partial charge is 0.328 e. The van der Waals surface area contributed by atoms with E-state index in [0.29, 0.717) is 16.0 Å². The summed E-state index contributed by atoms with van der Waals surface area (Å²) in [5, 5.41) is 10.7. The van der Waals surface area contributed by atoms with E-state index in [4.69, 9.17) is 14.6 Å². The Kier molecular flexibility index (Phi) is 3.89. The molecule has 1 atom stereocenters. The van der Waals surface area contributed by atoms with Crippen LogP contribution >= 0.6 is 15.9 Å². The summed E-state index contributed by atoms with van der Waals surface area (Å²) in [6.07, 6.45) is 0. The van der Waals surface area contributed by atoms with Crippen LogP contribution in [0.3, 0.4) is 0 Å². The van der Waals surface area contributed by atoms with Crippen LogP contribution in [0.1, 0.15) is 10.4 Å². The molecule has 1 aromatic rings. The van der Waals surface area contributed by atoms with Crippen LogP contribution in [-0.2, 0) is 4.79 Å². The summed E-state index contributed by atoms with van der Waals surface area (Å²) in [6.45, 7) is -1.14. The number of amides is 1. The number of hydrogen-bond acceptors (Lipinski definition) is 4. The van der Waals surface area contributed by atoms with Gasteiger partial charge in [-0.3, -0.25) is 4.79 Å². The minimum Gasteiger partial charge on any atom is -0.480 e. The Balaban J connectivity index is 2.20. The zero-order valence-electron chi connectivity index (χ0n) is 9.48. The molecule has 1 unspecified atom stereocenters.